The van der Waals surface area contributed by atoms with Gasteiger partial charge < -0.3 is 19.4 Å². The maximum atomic E-state index is 13.5. The van der Waals surface area contributed by atoms with Crippen LogP contribution in [0.4, 0.5) is 4.79 Å². The molecular formula is C21H22N2O6S. The Morgan fingerprint density at radius 2 is 1.63 bits per heavy atom. The van der Waals surface area contributed by atoms with Gasteiger partial charge in [0.15, 0.2) is 0 Å². The number of amides is 1. The van der Waals surface area contributed by atoms with Gasteiger partial charge in [-0.1, -0.05) is 36.4 Å². The molecule has 0 fully saturated rings. The van der Waals surface area contributed by atoms with E-state index in [0.29, 0.717) is 16.5 Å². The van der Waals surface area contributed by atoms with Crippen molar-refractivity contribution in [2.24, 2.45) is 7.05 Å². The quantitative estimate of drug-likeness (QED) is 0.603. The second-order valence-electron chi connectivity index (χ2n) is 6.59. The van der Waals surface area contributed by atoms with E-state index in [1.165, 1.54) is 26.4 Å². The first kappa shape index (κ1) is 21.4. The van der Waals surface area contributed by atoms with Crippen LogP contribution in [0.3, 0.4) is 0 Å². The Labute approximate surface area is 174 Å². The number of rotatable bonds is 6. The maximum absolute atomic E-state index is 13.5. The van der Waals surface area contributed by atoms with E-state index in [2.05, 4.69) is 10.1 Å². The largest absolute Gasteiger partial charge is 0.467 e. The van der Waals surface area contributed by atoms with Crippen LogP contribution < -0.4 is 5.32 Å². The fourth-order valence-corrected chi connectivity index (χ4v) is 5.16. The average molecular weight is 430 g/mol. The molecule has 0 aliphatic carbocycles. The average Bonchev–Trinajstić information content (AvgIpc) is 3.05. The lowest BCUT2D eigenvalue weighted by Crippen LogP contribution is -2.43. The van der Waals surface area contributed by atoms with Crippen molar-refractivity contribution in [1.29, 1.82) is 0 Å². The number of sulfone groups is 1. The van der Waals surface area contributed by atoms with Gasteiger partial charge in [-0.05, 0) is 23.8 Å². The zero-order chi connectivity index (χ0) is 21.9. The molecule has 8 nitrogen and oxygen atoms in total. The summed E-state index contributed by atoms with van der Waals surface area (Å²) in [5.74, 6) is -0.712. The first-order valence-corrected chi connectivity index (χ1v) is 10.6. The SMILES string of the molecule is COC(=O)N[C@@H](Cc1c(S(=O)(=O)c2ccccc2)n(C)c2ccccc12)C(=O)OC. The van der Waals surface area contributed by atoms with E-state index in [0.717, 1.165) is 0 Å². The minimum absolute atomic E-state index is 0.0514. The first-order valence-electron chi connectivity index (χ1n) is 9.10. The molecule has 0 unspecified atom stereocenters. The molecule has 0 aliphatic heterocycles. The van der Waals surface area contributed by atoms with Gasteiger partial charge in [-0.15, -0.1) is 0 Å². The summed E-state index contributed by atoms with van der Waals surface area (Å²) < 4.78 is 38.0. The molecule has 3 rings (SSSR count). The number of aryl methyl sites for hydroxylation is 1. The van der Waals surface area contributed by atoms with E-state index in [4.69, 9.17) is 4.74 Å². The molecule has 0 saturated heterocycles. The third kappa shape index (κ3) is 3.88. The summed E-state index contributed by atoms with van der Waals surface area (Å²) in [6.45, 7) is 0. The topological polar surface area (TPSA) is 104 Å². The summed E-state index contributed by atoms with van der Waals surface area (Å²) in [5, 5.41) is 3.13. The number of aromatic nitrogens is 1. The lowest BCUT2D eigenvalue weighted by Gasteiger charge is -2.17. The minimum Gasteiger partial charge on any atom is -0.467 e. The molecule has 0 aliphatic rings. The number of methoxy groups -OCH3 is 2. The number of fused-ring (bicyclic) bond motifs is 1. The summed E-state index contributed by atoms with van der Waals surface area (Å²) in [7, 11) is 0.115. The number of carbonyl (C=O) groups excluding carboxylic acids is 2. The van der Waals surface area contributed by atoms with E-state index in [1.807, 2.05) is 0 Å². The van der Waals surface area contributed by atoms with Crippen molar-refractivity contribution in [3.63, 3.8) is 0 Å². The summed E-state index contributed by atoms with van der Waals surface area (Å²) >= 11 is 0. The number of esters is 1. The third-order valence-corrected chi connectivity index (χ3v) is 6.75. The van der Waals surface area contributed by atoms with Crippen LogP contribution >= 0.6 is 0 Å². The van der Waals surface area contributed by atoms with Crippen molar-refractivity contribution in [3.8, 4) is 0 Å². The second kappa shape index (κ2) is 8.58. The molecule has 1 heterocycles. The Morgan fingerprint density at radius 3 is 2.27 bits per heavy atom. The van der Waals surface area contributed by atoms with Gasteiger partial charge in [0, 0.05) is 24.4 Å². The van der Waals surface area contributed by atoms with Gasteiger partial charge in [0.2, 0.25) is 9.84 Å². The Balaban J connectivity index is 2.22. The van der Waals surface area contributed by atoms with Crippen LogP contribution in [0, 0.1) is 0 Å². The number of ether oxygens (including phenoxy) is 2. The Hall–Kier alpha value is -3.33. The predicted octanol–water partition coefficient (Wildman–Crippen LogP) is 2.45. The molecule has 9 heteroatoms. The van der Waals surface area contributed by atoms with Crippen LogP contribution in [0.5, 0.6) is 0 Å². The van der Waals surface area contributed by atoms with Gasteiger partial charge in [0.05, 0.1) is 19.1 Å². The summed E-state index contributed by atoms with van der Waals surface area (Å²) in [6.07, 6.45) is -0.914. The van der Waals surface area contributed by atoms with Gasteiger partial charge in [-0.2, -0.15) is 0 Å². The fraction of sp³-hybridized carbons (Fsp3) is 0.238. The molecule has 1 N–H and O–H groups in total. The van der Waals surface area contributed by atoms with Crippen LogP contribution in [0.2, 0.25) is 0 Å². The predicted molar refractivity (Wildman–Crippen MR) is 110 cm³/mol. The Kier molecular flexibility index (Phi) is 6.12. The first-order chi connectivity index (χ1) is 14.3. The molecule has 0 saturated carbocycles. The highest BCUT2D eigenvalue weighted by Gasteiger charge is 2.32. The van der Waals surface area contributed by atoms with E-state index in [9.17, 15) is 18.0 Å². The van der Waals surface area contributed by atoms with Gasteiger partial charge in [0.25, 0.3) is 0 Å². The fourth-order valence-electron chi connectivity index (χ4n) is 3.44. The Bertz CT molecular complexity index is 1180. The highest BCUT2D eigenvalue weighted by Crippen LogP contribution is 2.33. The number of nitrogens with one attached hydrogen (secondary N) is 1. The molecule has 0 bridgehead atoms. The summed E-state index contributed by atoms with van der Waals surface area (Å²) in [6, 6.07) is 14.1. The van der Waals surface area contributed by atoms with Crippen molar-refractivity contribution < 1.29 is 27.5 Å². The second-order valence-corrected chi connectivity index (χ2v) is 8.46. The molecule has 0 spiro atoms. The summed E-state index contributed by atoms with van der Waals surface area (Å²) in [4.78, 5) is 24.2. The lowest BCUT2D eigenvalue weighted by atomic mass is 10.1. The van der Waals surface area contributed by atoms with Crippen LogP contribution in [-0.4, -0.2) is 45.3 Å². The monoisotopic (exact) mass is 430 g/mol. The van der Waals surface area contributed by atoms with Crippen LogP contribution in [0.25, 0.3) is 10.9 Å². The molecule has 3 aromatic rings. The summed E-state index contributed by atoms with van der Waals surface area (Å²) in [5.41, 5.74) is 1.09. The Morgan fingerprint density at radius 1 is 1.00 bits per heavy atom. The number of carbonyl (C=O) groups is 2. The van der Waals surface area contributed by atoms with Crippen molar-refractivity contribution in [2.45, 2.75) is 22.4 Å². The molecule has 1 atom stereocenters. The highest BCUT2D eigenvalue weighted by molar-refractivity contribution is 7.91. The van der Waals surface area contributed by atoms with Gasteiger partial charge in [-0.3, -0.25) is 0 Å². The van der Waals surface area contributed by atoms with Crippen molar-refractivity contribution >= 4 is 32.8 Å². The normalized spacial score (nSPS) is 12.4. The maximum Gasteiger partial charge on any atom is 0.407 e. The zero-order valence-electron chi connectivity index (χ0n) is 16.8. The molecule has 0 radical (unpaired) electrons. The van der Waals surface area contributed by atoms with E-state index >= 15 is 0 Å². The van der Waals surface area contributed by atoms with Crippen LogP contribution in [0.1, 0.15) is 5.56 Å². The highest BCUT2D eigenvalue weighted by atomic mass is 32.2. The standard InChI is InChI=1S/C21H22N2O6S/c1-23-18-12-8-7-11-15(18)16(13-17(20(24)28-2)22-21(25)29-3)19(23)30(26,27)14-9-5-4-6-10-14/h4-12,17H,13H2,1-3H3,(H,22,25)/t17-/m0/s1. The molecule has 2 aromatic carbocycles. The zero-order valence-corrected chi connectivity index (χ0v) is 17.6. The van der Waals surface area contributed by atoms with E-state index < -0.39 is 27.9 Å². The molecule has 158 valence electrons. The molecule has 1 aromatic heterocycles. The van der Waals surface area contributed by atoms with Crippen molar-refractivity contribution in [2.75, 3.05) is 14.2 Å². The van der Waals surface area contributed by atoms with Gasteiger partial charge in [0.1, 0.15) is 11.1 Å². The number of para-hydroxylation sites is 1. The van der Waals surface area contributed by atoms with Gasteiger partial charge >= 0.3 is 12.1 Å². The lowest BCUT2D eigenvalue weighted by molar-refractivity contribution is -0.142. The number of alkyl carbamates (subject to hydrolysis) is 1. The number of hydrogen-bond donors (Lipinski definition) is 1. The van der Waals surface area contributed by atoms with E-state index in [-0.39, 0.29) is 16.3 Å². The van der Waals surface area contributed by atoms with Crippen LogP contribution in [0.15, 0.2) is 64.5 Å². The van der Waals surface area contributed by atoms with Crippen molar-refractivity contribution in [1.82, 2.24) is 9.88 Å². The third-order valence-electron chi connectivity index (χ3n) is 4.83. The minimum atomic E-state index is -3.91. The smallest absolute Gasteiger partial charge is 0.407 e. The van der Waals surface area contributed by atoms with Crippen molar-refractivity contribution in [3.05, 3.63) is 60.2 Å². The van der Waals surface area contributed by atoms with E-state index in [1.54, 1.807) is 54.1 Å². The molecule has 1 amide bonds. The number of benzene rings is 2. The number of hydrogen-bond acceptors (Lipinski definition) is 6. The van der Waals surface area contributed by atoms with Gasteiger partial charge in [-0.25, -0.2) is 18.0 Å². The number of nitrogens with zero attached hydrogens (tertiary/aromatic N) is 1. The molecular weight excluding hydrogens is 408 g/mol. The molecule has 30 heavy (non-hydrogen) atoms. The van der Waals surface area contributed by atoms with Crippen LogP contribution in [-0.2, 0) is 37.6 Å².